The Bertz CT molecular complexity index is 234. The number of dihydropyridines is 1. The molecule has 1 aliphatic rings. The molecule has 0 aliphatic carbocycles. The molecule has 2 nitrogen and oxygen atoms in total. The highest BCUT2D eigenvalue weighted by Gasteiger charge is 2.11. The maximum absolute atomic E-state index is 5.69. The van der Waals surface area contributed by atoms with Crippen LogP contribution in [0.15, 0.2) is 28.9 Å². The van der Waals surface area contributed by atoms with Crippen molar-refractivity contribution in [1.82, 2.24) is 0 Å². The second-order valence-corrected chi connectivity index (χ2v) is 3.08. The Labute approximate surface area is 67.5 Å². The van der Waals surface area contributed by atoms with Crippen LogP contribution in [0.4, 0.5) is 0 Å². The van der Waals surface area contributed by atoms with Crippen LogP contribution in [0.5, 0.6) is 0 Å². The average molecular weight is 150 g/mol. The molecule has 0 radical (unpaired) electrons. The zero-order valence-electron chi connectivity index (χ0n) is 7.09. The SMILES string of the molecule is C=C1CC=C(C(C)C)C(N)=N1. The molecule has 11 heavy (non-hydrogen) atoms. The minimum Gasteiger partial charge on any atom is -0.383 e. The van der Waals surface area contributed by atoms with Gasteiger partial charge in [-0.15, -0.1) is 0 Å². The monoisotopic (exact) mass is 150 g/mol. The number of nitrogens with two attached hydrogens (primary N) is 1. The largest absolute Gasteiger partial charge is 0.383 e. The Morgan fingerprint density at radius 1 is 1.64 bits per heavy atom. The van der Waals surface area contributed by atoms with Gasteiger partial charge in [0.25, 0.3) is 0 Å². The second-order valence-electron chi connectivity index (χ2n) is 3.08. The number of rotatable bonds is 1. The van der Waals surface area contributed by atoms with E-state index in [0.29, 0.717) is 11.8 Å². The van der Waals surface area contributed by atoms with E-state index >= 15 is 0 Å². The molecule has 0 saturated carbocycles. The van der Waals surface area contributed by atoms with Gasteiger partial charge in [0.15, 0.2) is 0 Å². The average Bonchev–Trinajstić information content (AvgIpc) is 1.85. The normalized spacial score (nSPS) is 18.3. The van der Waals surface area contributed by atoms with Crippen molar-refractivity contribution in [3.8, 4) is 0 Å². The molecule has 0 aromatic rings. The highest BCUT2D eigenvalue weighted by Crippen LogP contribution is 2.18. The number of amidine groups is 1. The summed E-state index contributed by atoms with van der Waals surface area (Å²) in [5.41, 5.74) is 7.70. The van der Waals surface area contributed by atoms with Crippen LogP contribution in [0.1, 0.15) is 20.3 Å². The van der Waals surface area contributed by atoms with Crippen LogP contribution in [0.2, 0.25) is 0 Å². The van der Waals surface area contributed by atoms with E-state index in [-0.39, 0.29) is 0 Å². The number of nitrogens with zero attached hydrogens (tertiary/aromatic N) is 1. The van der Waals surface area contributed by atoms with E-state index in [2.05, 4.69) is 31.5 Å². The lowest BCUT2D eigenvalue weighted by Crippen LogP contribution is -2.20. The minimum absolute atomic E-state index is 0.465. The van der Waals surface area contributed by atoms with Crippen LogP contribution in [0.3, 0.4) is 0 Å². The molecule has 0 atom stereocenters. The number of aliphatic imine (C=N–C) groups is 1. The Morgan fingerprint density at radius 3 is 2.73 bits per heavy atom. The molecular weight excluding hydrogens is 136 g/mol. The molecule has 0 bridgehead atoms. The minimum atomic E-state index is 0.465. The van der Waals surface area contributed by atoms with Crippen molar-refractivity contribution >= 4 is 5.84 Å². The third kappa shape index (κ3) is 1.70. The lowest BCUT2D eigenvalue weighted by molar-refractivity contribution is 0.789. The third-order valence-electron chi connectivity index (χ3n) is 1.75. The molecule has 1 rings (SSSR count). The molecule has 2 heteroatoms. The molecule has 0 amide bonds. The molecule has 2 N–H and O–H groups in total. The summed E-state index contributed by atoms with van der Waals surface area (Å²) in [4.78, 5) is 4.12. The van der Waals surface area contributed by atoms with E-state index in [0.717, 1.165) is 17.7 Å². The summed E-state index contributed by atoms with van der Waals surface area (Å²) in [5, 5.41) is 0. The van der Waals surface area contributed by atoms with Crippen molar-refractivity contribution in [3.05, 3.63) is 23.9 Å². The van der Waals surface area contributed by atoms with Crippen LogP contribution in [0.25, 0.3) is 0 Å². The summed E-state index contributed by atoms with van der Waals surface area (Å²) in [5.74, 6) is 1.10. The topological polar surface area (TPSA) is 38.4 Å². The predicted molar refractivity (Wildman–Crippen MR) is 48.3 cm³/mol. The van der Waals surface area contributed by atoms with Crippen LogP contribution < -0.4 is 5.73 Å². The molecule has 0 saturated heterocycles. The van der Waals surface area contributed by atoms with Crippen LogP contribution >= 0.6 is 0 Å². The Hall–Kier alpha value is -1.05. The first-order valence-electron chi connectivity index (χ1n) is 3.83. The van der Waals surface area contributed by atoms with Gasteiger partial charge >= 0.3 is 0 Å². The third-order valence-corrected chi connectivity index (χ3v) is 1.75. The zero-order valence-corrected chi connectivity index (χ0v) is 7.09. The van der Waals surface area contributed by atoms with Crippen molar-refractivity contribution in [3.63, 3.8) is 0 Å². The lowest BCUT2D eigenvalue weighted by Gasteiger charge is -2.15. The summed E-state index contributed by atoms with van der Waals surface area (Å²) in [6.45, 7) is 7.97. The zero-order chi connectivity index (χ0) is 8.43. The van der Waals surface area contributed by atoms with E-state index in [1.54, 1.807) is 0 Å². The Kier molecular flexibility index (Phi) is 2.13. The van der Waals surface area contributed by atoms with Crippen molar-refractivity contribution in [1.29, 1.82) is 0 Å². The van der Waals surface area contributed by atoms with Gasteiger partial charge in [-0.2, -0.15) is 0 Å². The van der Waals surface area contributed by atoms with Gasteiger partial charge in [-0.1, -0.05) is 26.5 Å². The van der Waals surface area contributed by atoms with Gasteiger partial charge in [0.2, 0.25) is 0 Å². The molecule has 0 fully saturated rings. The first kappa shape index (κ1) is 8.05. The van der Waals surface area contributed by atoms with Crippen molar-refractivity contribution in [2.45, 2.75) is 20.3 Å². The molecule has 0 aromatic heterocycles. The van der Waals surface area contributed by atoms with Crippen LogP contribution in [0, 0.1) is 5.92 Å². The summed E-state index contributed by atoms with van der Waals surface area (Å²) in [6.07, 6.45) is 2.95. The number of allylic oxidation sites excluding steroid dienone is 1. The fourth-order valence-electron chi connectivity index (χ4n) is 1.14. The van der Waals surface area contributed by atoms with Gasteiger partial charge in [0.1, 0.15) is 5.84 Å². The quantitative estimate of drug-likeness (QED) is 0.608. The first-order valence-corrected chi connectivity index (χ1v) is 3.83. The van der Waals surface area contributed by atoms with Crippen molar-refractivity contribution in [2.75, 3.05) is 0 Å². The summed E-state index contributed by atoms with van der Waals surface area (Å²) in [7, 11) is 0. The Morgan fingerprint density at radius 2 is 2.27 bits per heavy atom. The van der Waals surface area contributed by atoms with Crippen molar-refractivity contribution < 1.29 is 0 Å². The van der Waals surface area contributed by atoms with Gasteiger partial charge in [-0.3, -0.25) is 0 Å². The van der Waals surface area contributed by atoms with E-state index < -0.39 is 0 Å². The fraction of sp³-hybridized carbons (Fsp3) is 0.444. The molecule has 0 unspecified atom stereocenters. The summed E-state index contributed by atoms with van der Waals surface area (Å²) < 4.78 is 0. The number of hydrogen-bond donors (Lipinski definition) is 1. The molecule has 60 valence electrons. The standard InChI is InChI=1S/C9H14N2/c1-6(2)8-5-4-7(3)11-9(8)10/h5-6H,3-4H2,1-2H3,(H2,10,11). The maximum atomic E-state index is 5.69. The van der Waals surface area contributed by atoms with E-state index in [1.165, 1.54) is 0 Å². The Balaban J connectivity index is 2.85. The van der Waals surface area contributed by atoms with Gasteiger partial charge in [-0.05, 0) is 11.5 Å². The maximum Gasteiger partial charge on any atom is 0.126 e. The van der Waals surface area contributed by atoms with Crippen molar-refractivity contribution in [2.24, 2.45) is 16.6 Å². The van der Waals surface area contributed by atoms with E-state index in [4.69, 9.17) is 5.73 Å². The van der Waals surface area contributed by atoms with Gasteiger partial charge in [0.05, 0.1) is 0 Å². The predicted octanol–water partition coefficient (Wildman–Crippen LogP) is 1.84. The lowest BCUT2D eigenvalue weighted by atomic mass is 9.99. The van der Waals surface area contributed by atoms with Gasteiger partial charge in [-0.25, -0.2) is 4.99 Å². The van der Waals surface area contributed by atoms with Gasteiger partial charge < -0.3 is 5.73 Å². The molecular formula is C9H14N2. The number of hydrogen-bond acceptors (Lipinski definition) is 2. The highest BCUT2D eigenvalue weighted by molar-refractivity contribution is 5.98. The fourth-order valence-corrected chi connectivity index (χ4v) is 1.14. The van der Waals surface area contributed by atoms with Crippen LogP contribution in [-0.4, -0.2) is 5.84 Å². The highest BCUT2D eigenvalue weighted by atomic mass is 14.9. The molecule has 1 heterocycles. The second kappa shape index (κ2) is 2.91. The first-order chi connectivity index (χ1) is 5.11. The van der Waals surface area contributed by atoms with E-state index in [9.17, 15) is 0 Å². The summed E-state index contributed by atoms with van der Waals surface area (Å²) in [6, 6.07) is 0. The summed E-state index contributed by atoms with van der Waals surface area (Å²) >= 11 is 0. The smallest absolute Gasteiger partial charge is 0.126 e. The molecule has 0 aromatic carbocycles. The van der Waals surface area contributed by atoms with Crippen LogP contribution in [-0.2, 0) is 0 Å². The molecule has 0 spiro atoms. The van der Waals surface area contributed by atoms with E-state index in [1.807, 2.05) is 0 Å². The van der Waals surface area contributed by atoms with Gasteiger partial charge in [0, 0.05) is 12.1 Å². The molecule has 1 aliphatic heterocycles.